The molecule has 0 aliphatic carbocycles. The highest BCUT2D eigenvalue weighted by atomic mass is 32.2. The van der Waals surface area contributed by atoms with E-state index < -0.39 is 10.0 Å². The molecule has 0 spiro atoms. The molecule has 1 rings (SSSR count). The molecule has 1 amide bonds. The average Bonchev–Trinajstić information content (AvgIpc) is 2.54. The lowest BCUT2D eigenvalue weighted by Crippen LogP contribution is -2.35. The number of hydrogen-bond donors (Lipinski definition) is 1. The summed E-state index contributed by atoms with van der Waals surface area (Å²) in [5.41, 5.74) is 0.352. The lowest BCUT2D eigenvalue weighted by Gasteiger charge is -2.24. The third-order valence-electron chi connectivity index (χ3n) is 3.23. The van der Waals surface area contributed by atoms with Gasteiger partial charge in [-0.05, 0) is 12.1 Å². The van der Waals surface area contributed by atoms with Crippen LogP contribution in [0, 0.1) is 0 Å². The molecule has 24 heavy (non-hydrogen) atoms. The Morgan fingerprint density at radius 2 is 1.92 bits per heavy atom. The molecule has 0 aliphatic heterocycles. The van der Waals surface area contributed by atoms with E-state index >= 15 is 0 Å². The highest BCUT2D eigenvalue weighted by Gasteiger charge is 2.22. The van der Waals surface area contributed by atoms with Crippen LogP contribution in [0.2, 0.25) is 0 Å². The van der Waals surface area contributed by atoms with Gasteiger partial charge >= 0.3 is 0 Å². The first-order chi connectivity index (χ1) is 11.3. The van der Waals surface area contributed by atoms with E-state index in [0.717, 1.165) is 10.6 Å². The van der Waals surface area contributed by atoms with Crippen molar-refractivity contribution in [1.82, 2.24) is 5.32 Å². The van der Waals surface area contributed by atoms with Crippen LogP contribution in [0.5, 0.6) is 11.5 Å². The number of rotatable bonds is 10. The van der Waals surface area contributed by atoms with E-state index in [4.69, 9.17) is 14.2 Å². The van der Waals surface area contributed by atoms with Crippen LogP contribution in [0.1, 0.15) is 6.42 Å². The summed E-state index contributed by atoms with van der Waals surface area (Å²) in [6.45, 7) is 0.772. The third kappa shape index (κ3) is 5.89. The fourth-order valence-corrected chi connectivity index (χ4v) is 2.97. The van der Waals surface area contributed by atoms with Gasteiger partial charge in [0.25, 0.3) is 0 Å². The summed E-state index contributed by atoms with van der Waals surface area (Å²) in [6, 6.07) is 4.81. The van der Waals surface area contributed by atoms with Crippen molar-refractivity contribution in [3.63, 3.8) is 0 Å². The molecular weight excluding hydrogens is 336 g/mol. The zero-order valence-corrected chi connectivity index (χ0v) is 15.2. The standard InChI is InChI=1S/C15H24N2O6S/c1-21-10-8-16-15(18)7-9-17(24(4,19)20)13-6-5-12(22-2)11-14(13)23-3/h5-6,11H,7-10H2,1-4H3,(H,16,18). The van der Waals surface area contributed by atoms with Crippen molar-refractivity contribution in [3.05, 3.63) is 18.2 Å². The molecule has 0 unspecified atom stereocenters. The molecule has 1 aromatic rings. The number of methoxy groups -OCH3 is 3. The Morgan fingerprint density at radius 1 is 1.21 bits per heavy atom. The molecule has 0 fully saturated rings. The largest absolute Gasteiger partial charge is 0.497 e. The van der Waals surface area contributed by atoms with Crippen LogP contribution in [0.3, 0.4) is 0 Å². The van der Waals surface area contributed by atoms with Crippen LogP contribution in [0.25, 0.3) is 0 Å². The van der Waals surface area contributed by atoms with E-state index in [-0.39, 0.29) is 18.9 Å². The molecule has 0 atom stereocenters. The van der Waals surface area contributed by atoms with Gasteiger partial charge in [0.1, 0.15) is 11.5 Å². The Bertz CT molecular complexity index is 647. The zero-order chi connectivity index (χ0) is 18.2. The maximum Gasteiger partial charge on any atom is 0.232 e. The van der Waals surface area contributed by atoms with E-state index in [1.54, 1.807) is 18.2 Å². The van der Waals surface area contributed by atoms with E-state index in [2.05, 4.69) is 5.32 Å². The number of ether oxygens (including phenoxy) is 3. The summed E-state index contributed by atoms with van der Waals surface area (Å²) in [5.74, 6) is 0.633. The molecule has 0 aliphatic rings. The Morgan fingerprint density at radius 3 is 2.46 bits per heavy atom. The SMILES string of the molecule is COCCNC(=O)CCN(c1ccc(OC)cc1OC)S(C)(=O)=O. The summed E-state index contributed by atoms with van der Waals surface area (Å²) in [6.07, 6.45) is 1.10. The van der Waals surface area contributed by atoms with Crippen LogP contribution in [0.15, 0.2) is 18.2 Å². The second-order valence-electron chi connectivity index (χ2n) is 4.97. The summed E-state index contributed by atoms with van der Waals surface area (Å²) < 4.78 is 40.6. The summed E-state index contributed by atoms with van der Waals surface area (Å²) in [7, 11) is 0.900. The smallest absolute Gasteiger partial charge is 0.232 e. The second kappa shape index (κ2) is 9.33. The van der Waals surface area contributed by atoms with E-state index in [9.17, 15) is 13.2 Å². The second-order valence-corrected chi connectivity index (χ2v) is 6.87. The van der Waals surface area contributed by atoms with Crippen molar-refractivity contribution in [2.45, 2.75) is 6.42 Å². The Kier molecular flexibility index (Phi) is 7.80. The number of hydrogen-bond acceptors (Lipinski definition) is 6. The van der Waals surface area contributed by atoms with Crippen LogP contribution in [-0.4, -0.2) is 61.6 Å². The Labute approximate surface area is 142 Å². The topological polar surface area (TPSA) is 94.2 Å². The Hall–Kier alpha value is -2.00. The van der Waals surface area contributed by atoms with Crippen molar-refractivity contribution in [2.24, 2.45) is 0 Å². The van der Waals surface area contributed by atoms with E-state index in [0.29, 0.717) is 30.3 Å². The highest BCUT2D eigenvalue weighted by molar-refractivity contribution is 7.92. The van der Waals surface area contributed by atoms with Crippen molar-refractivity contribution in [2.75, 3.05) is 51.6 Å². The van der Waals surface area contributed by atoms with Gasteiger partial charge in [0.15, 0.2) is 0 Å². The van der Waals surface area contributed by atoms with Crippen molar-refractivity contribution in [3.8, 4) is 11.5 Å². The number of nitrogens with zero attached hydrogens (tertiary/aromatic N) is 1. The lowest BCUT2D eigenvalue weighted by molar-refractivity contribution is -0.121. The van der Waals surface area contributed by atoms with E-state index in [1.165, 1.54) is 21.3 Å². The van der Waals surface area contributed by atoms with Gasteiger partial charge in [-0.2, -0.15) is 0 Å². The normalized spacial score (nSPS) is 11.0. The number of carbonyl (C=O) groups excluding carboxylic acids is 1. The van der Waals surface area contributed by atoms with Gasteiger partial charge in [0, 0.05) is 32.7 Å². The Balaban J connectivity index is 2.93. The van der Waals surface area contributed by atoms with Gasteiger partial charge in [-0.1, -0.05) is 0 Å². The number of amides is 1. The average molecular weight is 360 g/mol. The molecule has 0 saturated heterocycles. The molecule has 9 heteroatoms. The summed E-state index contributed by atoms with van der Waals surface area (Å²) in [4.78, 5) is 11.8. The van der Waals surface area contributed by atoms with Gasteiger partial charge in [0.2, 0.25) is 15.9 Å². The number of nitrogens with one attached hydrogen (secondary N) is 1. The maximum atomic E-state index is 12.1. The number of sulfonamides is 1. The zero-order valence-electron chi connectivity index (χ0n) is 14.4. The minimum atomic E-state index is -3.58. The van der Waals surface area contributed by atoms with Crippen LogP contribution in [0.4, 0.5) is 5.69 Å². The molecule has 0 radical (unpaired) electrons. The molecule has 136 valence electrons. The maximum absolute atomic E-state index is 12.1. The summed E-state index contributed by atoms with van der Waals surface area (Å²) in [5, 5.41) is 2.65. The minimum absolute atomic E-state index is 0.000335. The molecule has 1 N–H and O–H groups in total. The molecule has 8 nitrogen and oxygen atoms in total. The minimum Gasteiger partial charge on any atom is -0.497 e. The van der Waals surface area contributed by atoms with Gasteiger partial charge in [0.05, 0.1) is 32.8 Å². The highest BCUT2D eigenvalue weighted by Crippen LogP contribution is 2.33. The first-order valence-electron chi connectivity index (χ1n) is 7.28. The molecule has 0 bridgehead atoms. The quantitative estimate of drug-likeness (QED) is 0.615. The van der Waals surface area contributed by atoms with E-state index in [1.807, 2.05) is 0 Å². The van der Waals surface area contributed by atoms with Crippen molar-refractivity contribution < 1.29 is 27.4 Å². The number of carbonyl (C=O) groups is 1. The number of anilines is 1. The molecule has 0 aromatic heterocycles. The summed E-state index contributed by atoms with van der Waals surface area (Å²) >= 11 is 0. The predicted molar refractivity (Wildman–Crippen MR) is 91.2 cm³/mol. The van der Waals surface area contributed by atoms with Gasteiger partial charge < -0.3 is 19.5 Å². The van der Waals surface area contributed by atoms with Crippen LogP contribution >= 0.6 is 0 Å². The fourth-order valence-electron chi connectivity index (χ4n) is 2.04. The van der Waals surface area contributed by atoms with Crippen molar-refractivity contribution in [1.29, 1.82) is 0 Å². The lowest BCUT2D eigenvalue weighted by atomic mass is 10.2. The molecule has 0 heterocycles. The molecule has 0 saturated carbocycles. The van der Waals surface area contributed by atoms with Gasteiger partial charge in [-0.3, -0.25) is 9.10 Å². The van der Waals surface area contributed by atoms with Crippen LogP contribution < -0.4 is 19.1 Å². The third-order valence-corrected chi connectivity index (χ3v) is 4.41. The molecule has 1 aromatic carbocycles. The van der Waals surface area contributed by atoms with Crippen LogP contribution in [-0.2, 0) is 19.6 Å². The van der Waals surface area contributed by atoms with Gasteiger partial charge in [-0.25, -0.2) is 8.42 Å². The first kappa shape index (κ1) is 20.0. The van der Waals surface area contributed by atoms with Crippen molar-refractivity contribution >= 4 is 21.6 Å². The predicted octanol–water partition coefficient (Wildman–Crippen LogP) is 0.622. The number of benzene rings is 1. The molecular formula is C15H24N2O6S. The fraction of sp³-hybridized carbons (Fsp3) is 0.533. The first-order valence-corrected chi connectivity index (χ1v) is 9.13. The van der Waals surface area contributed by atoms with Gasteiger partial charge in [-0.15, -0.1) is 0 Å². The monoisotopic (exact) mass is 360 g/mol.